The number of likely N-dealkylation sites (tertiary alicyclic amines) is 1. The third-order valence-electron chi connectivity index (χ3n) is 6.63. The molecule has 1 heterocycles. The number of benzene rings is 3. The summed E-state index contributed by atoms with van der Waals surface area (Å²) in [5, 5.41) is 0. The first-order valence-corrected chi connectivity index (χ1v) is 13.8. The summed E-state index contributed by atoms with van der Waals surface area (Å²) in [6, 6.07) is 20.8. The van der Waals surface area contributed by atoms with Crippen molar-refractivity contribution in [1.29, 1.82) is 0 Å². The quantitative estimate of drug-likeness (QED) is 0.433. The van der Waals surface area contributed by atoms with Crippen LogP contribution in [0.15, 0.2) is 72.8 Å². The van der Waals surface area contributed by atoms with E-state index in [1.165, 1.54) is 41.2 Å². The molecular formula is C28H31FN2O4S. The minimum Gasteiger partial charge on any atom is -0.496 e. The molecule has 0 bridgehead atoms. The normalized spacial score (nSPS) is 14.5. The average molecular weight is 511 g/mol. The van der Waals surface area contributed by atoms with Crippen LogP contribution in [-0.2, 0) is 23.0 Å². The zero-order valence-corrected chi connectivity index (χ0v) is 21.4. The van der Waals surface area contributed by atoms with Crippen LogP contribution in [0.1, 0.15) is 34.3 Å². The number of methoxy groups -OCH3 is 1. The van der Waals surface area contributed by atoms with Gasteiger partial charge in [0.15, 0.2) is 0 Å². The number of rotatable bonds is 8. The van der Waals surface area contributed by atoms with Crippen LogP contribution in [0.4, 0.5) is 10.1 Å². The highest BCUT2D eigenvalue weighted by Gasteiger charge is 2.25. The predicted molar refractivity (Wildman–Crippen MR) is 139 cm³/mol. The number of hydrogen-bond acceptors (Lipinski definition) is 4. The van der Waals surface area contributed by atoms with Gasteiger partial charge >= 0.3 is 0 Å². The van der Waals surface area contributed by atoms with Gasteiger partial charge in [0.1, 0.15) is 11.6 Å². The molecule has 0 radical (unpaired) electrons. The molecule has 0 N–H and O–H groups in total. The maximum absolute atomic E-state index is 13.4. The molecule has 3 aromatic carbocycles. The monoisotopic (exact) mass is 510 g/mol. The van der Waals surface area contributed by atoms with Gasteiger partial charge in [0.2, 0.25) is 10.0 Å². The summed E-state index contributed by atoms with van der Waals surface area (Å²) >= 11 is 0. The minimum atomic E-state index is -3.68. The van der Waals surface area contributed by atoms with Crippen LogP contribution >= 0.6 is 0 Å². The molecule has 1 aliphatic rings. The van der Waals surface area contributed by atoms with Gasteiger partial charge in [0, 0.05) is 24.2 Å². The van der Waals surface area contributed by atoms with Gasteiger partial charge in [0.05, 0.1) is 25.6 Å². The molecule has 0 aromatic heterocycles. The van der Waals surface area contributed by atoms with Crippen molar-refractivity contribution < 1.29 is 22.3 Å². The molecule has 8 heteroatoms. The van der Waals surface area contributed by atoms with Crippen molar-refractivity contribution in [3.05, 3.63) is 95.3 Å². The molecule has 1 aliphatic heterocycles. The predicted octanol–water partition coefficient (Wildman–Crippen LogP) is 4.90. The van der Waals surface area contributed by atoms with Gasteiger partial charge in [-0.25, -0.2) is 12.8 Å². The summed E-state index contributed by atoms with van der Waals surface area (Å²) in [7, 11) is -2.18. The van der Waals surface area contributed by atoms with Crippen molar-refractivity contribution in [2.24, 2.45) is 5.92 Å². The number of halogens is 1. The number of anilines is 1. The van der Waals surface area contributed by atoms with E-state index in [9.17, 15) is 17.6 Å². The lowest BCUT2D eigenvalue weighted by Gasteiger charge is -2.32. The first-order chi connectivity index (χ1) is 17.2. The highest BCUT2D eigenvalue weighted by Crippen LogP contribution is 2.28. The Kier molecular flexibility index (Phi) is 7.94. The molecule has 1 fully saturated rings. The number of ether oxygens (including phenoxy) is 1. The maximum atomic E-state index is 13.4. The van der Waals surface area contributed by atoms with Crippen molar-refractivity contribution in [3.8, 4) is 5.75 Å². The van der Waals surface area contributed by atoms with Gasteiger partial charge in [-0.1, -0.05) is 30.3 Å². The smallest absolute Gasteiger partial charge is 0.253 e. The van der Waals surface area contributed by atoms with E-state index >= 15 is 0 Å². The van der Waals surface area contributed by atoms with E-state index in [0.717, 1.165) is 25.5 Å². The zero-order valence-electron chi connectivity index (χ0n) is 20.6. The highest BCUT2D eigenvalue weighted by atomic mass is 32.2. The number of hydrogen-bond donors (Lipinski definition) is 0. The summed E-state index contributed by atoms with van der Waals surface area (Å²) in [4.78, 5) is 15.2. The average Bonchev–Trinajstić information content (AvgIpc) is 2.88. The second-order valence-electron chi connectivity index (χ2n) is 9.20. The van der Waals surface area contributed by atoms with Gasteiger partial charge in [-0.15, -0.1) is 0 Å². The second-order valence-corrected chi connectivity index (χ2v) is 11.1. The molecule has 4 rings (SSSR count). The molecule has 0 atom stereocenters. The molecule has 1 amide bonds. The summed E-state index contributed by atoms with van der Waals surface area (Å²) < 4.78 is 45.2. The number of carbonyl (C=O) groups is 1. The molecule has 1 saturated heterocycles. The Balaban J connectivity index is 1.49. The molecule has 0 unspecified atom stereocenters. The van der Waals surface area contributed by atoms with Gasteiger partial charge in [-0.2, -0.15) is 0 Å². The van der Waals surface area contributed by atoms with Gasteiger partial charge < -0.3 is 9.64 Å². The number of carbonyl (C=O) groups excluding carboxylic acids is 1. The topological polar surface area (TPSA) is 66.9 Å². The molecule has 0 aliphatic carbocycles. The fourth-order valence-electron chi connectivity index (χ4n) is 4.67. The molecule has 0 saturated carbocycles. The number of nitrogens with zero attached hydrogens (tertiary/aromatic N) is 2. The minimum absolute atomic E-state index is 0.0477. The lowest BCUT2D eigenvalue weighted by molar-refractivity contribution is 0.0690. The van der Waals surface area contributed by atoms with E-state index in [-0.39, 0.29) is 12.5 Å². The SMILES string of the molecule is COc1ccc(C(=O)N2CCC(Cc3ccccc3)CC2)cc1CN(c1ccc(F)cc1)S(C)(=O)=O. The van der Waals surface area contributed by atoms with E-state index in [1.807, 2.05) is 11.0 Å². The molecule has 3 aromatic rings. The van der Waals surface area contributed by atoms with Crippen molar-refractivity contribution in [2.75, 3.05) is 30.8 Å². The maximum Gasteiger partial charge on any atom is 0.253 e. The number of piperidine rings is 1. The van der Waals surface area contributed by atoms with E-state index in [0.29, 0.717) is 41.6 Å². The standard InChI is InChI=1S/C28H31FN2O4S/c1-35-27-13-8-23(19-24(27)20-31(36(2,33)34)26-11-9-25(29)10-12-26)28(32)30-16-14-22(15-17-30)18-21-6-4-3-5-7-21/h3-13,19,22H,14-18,20H2,1-2H3. The first kappa shape index (κ1) is 25.7. The van der Waals surface area contributed by atoms with Crippen molar-refractivity contribution >= 4 is 21.6 Å². The van der Waals surface area contributed by atoms with Gasteiger partial charge in [-0.05, 0) is 73.2 Å². The fraction of sp³-hybridized carbons (Fsp3) is 0.321. The van der Waals surface area contributed by atoms with E-state index in [2.05, 4.69) is 24.3 Å². The molecule has 36 heavy (non-hydrogen) atoms. The van der Waals surface area contributed by atoms with E-state index in [1.54, 1.807) is 18.2 Å². The van der Waals surface area contributed by atoms with Gasteiger partial charge in [-0.3, -0.25) is 9.10 Å². The van der Waals surface area contributed by atoms with Crippen LogP contribution in [0.3, 0.4) is 0 Å². The van der Waals surface area contributed by atoms with Crippen LogP contribution in [0, 0.1) is 11.7 Å². The van der Waals surface area contributed by atoms with E-state index < -0.39 is 15.8 Å². The third kappa shape index (κ3) is 6.23. The Morgan fingerprint density at radius 3 is 2.31 bits per heavy atom. The third-order valence-corrected chi connectivity index (χ3v) is 7.77. The highest BCUT2D eigenvalue weighted by molar-refractivity contribution is 7.92. The first-order valence-electron chi connectivity index (χ1n) is 12.0. The Morgan fingerprint density at radius 2 is 1.69 bits per heavy atom. The molecule has 6 nitrogen and oxygen atoms in total. The number of sulfonamides is 1. The second kappa shape index (κ2) is 11.1. The largest absolute Gasteiger partial charge is 0.496 e. The lowest BCUT2D eigenvalue weighted by atomic mass is 9.90. The summed E-state index contributed by atoms with van der Waals surface area (Å²) in [5.41, 5.74) is 2.69. The van der Waals surface area contributed by atoms with Crippen LogP contribution < -0.4 is 9.04 Å². The summed E-state index contributed by atoms with van der Waals surface area (Å²) in [5.74, 6) is 0.487. The molecular weight excluding hydrogens is 479 g/mol. The molecule has 0 spiro atoms. The van der Waals surface area contributed by atoms with E-state index in [4.69, 9.17) is 4.74 Å². The Bertz CT molecular complexity index is 1290. The Morgan fingerprint density at radius 1 is 1.03 bits per heavy atom. The van der Waals surface area contributed by atoms with Crippen molar-refractivity contribution in [2.45, 2.75) is 25.8 Å². The molecule has 190 valence electrons. The van der Waals surface area contributed by atoms with Crippen LogP contribution in [0.2, 0.25) is 0 Å². The Hall–Kier alpha value is -3.39. The zero-order chi connectivity index (χ0) is 25.7. The van der Waals surface area contributed by atoms with Crippen LogP contribution in [-0.4, -0.2) is 45.7 Å². The Labute approximate surface area is 212 Å². The fourth-order valence-corrected chi connectivity index (χ4v) is 5.55. The van der Waals surface area contributed by atoms with Gasteiger partial charge in [0.25, 0.3) is 5.91 Å². The van der Waals surface area contributed by atoms with Crippen molar-refractivity contribution in [1.82, 2.24) is 4.90 Å². The summed E-state index contributed by atoms with van der Waals surface area (Å²) in [6.07, 6.45) is 3.99. The number of amides is 1. The van der Waals surface area contributed by atoms with Crippen LogP contribution in [0.25, 0.3) is 0 Å². The summed E-state index contributed by atoms with van der Waals surface area (Å²) in [6.45, 7) is 1.32. The lowest BCUT2D eigenvalue weighted by Crippen LogP contribution is -2.39. The van der Waals surface area contributed by atoms with Crippen molar-refractivity contribution in [3.63, 3.8) is 0 Å². The van der Waals surface area contributed by atoms with Crippen LogP contribution in [0.5, 0.6) is 5.75 Å².